The molecule has 3 rings (SSSR count). The molecule has 2 N–H and O–H groups in total. The van der Waals surface area contributed by atoms with Crippen LogP contribution in [0.5, 0.6) is 5.75 Å². The van der Waals surface area contributed by atoms with Crippen molar-refractivity contribution in [2.75, 3.05) is 13.2 Å². The fourth-order valence-electron chi connectivity index (χ4n) is 4.34. The molecule has 0 bridgehead atoms. The molecule has 1 aromatic heterocycles. The van der Waals surface area contributed by atoms with Crippen LogP contribution in [0.1, 0.15) is 31.5 Å². The minimum absolute atomic E-state index is 0.115. The topological polar surface area (TPSA) is 157 Å². The fourth-order valence-corrected chi connectivity index (χ4v) is 4.34. The summed E-state index contributed by atoms with van der Waals surface area (Å²) >= 11 is 0. The molecule has 190 valence electrons. The first-order chi connectivity index (χ1) is 17.8. The van der Waals surface area contributed by atoms with Gasteiger partial charge in [-0.3, -0.25) is 14.4 Å². The lowest BCUT2D eigenvalue weighted by Crippen LogP contribution is -2.19. The Labute approximate surface area is 213 Å². The van der Waals surface area contributed by atoms with Crippen molar-refractivity contribution in [2.45, 2.75) is 39.7 Å². The highest BCUT2D eigenvalue weighted by Crippen LogP contribution is 2.36. The van der Waals surface area contributed by atoms with Crippen LogP contribution in [0.4, 0.5) is 0 Å². The van der Waals surface area contributed by atoms with Crippen molar-refractivity contribution in [2.24, 2.45) is 10.8 Å². The molecular formula is C27H27N5O5. The second kappa shape index (κ2) is 12.5. The zero-order valence-corrected chi connectivity index (χ0v) is 20.7. The molecule has 37 heavy (non-hydrogen) atoms. The van der Waals surface area contributed by atoms with Gasteiger partial charge in [-0.25, -0.2) is 4.79 Å². The van der Waals surface area contributed by atoms with Gasteiger partial charge in [0.25, 0.3) is 5.91 Å². The van der Waals surface area contributed by atoms with E-state index < -0.39 is 24.1 Å². The number of aromatic nitrogens is 1. The van der Waals surface area contributed by atoms with E-state index in [-0.39, 0.29) is 24.3 Å². The number of ether oxygens (including phenoxy) is 1. The third kappa shape index (κ3) is 6.20. The fraction of sp³-hybridized carbons (Fsp3) is 0.296. The molecule has 0 saturated heterocycles. The van der Waals surface area contributed by atoms with Gasteiger partial charge in [-0.05, 0) is 53.7 Å². The summed E-state index contributed by atoms with van der Waals surface area (Å²) in [5, 5.41) is 3.39. The number of rotatable bonds is 11. The van der Waals surface area contributed by atoms with E-state index in [9.17, 15) is 19.2 Å². The smallest absolute Gasteiger partial charge is 0.288 e. The average Bonchev–Trinajstić information content (AvgIpc) is 3.01. The first-order valence-electron chi connectivity index (χ1n) is 11.7. The molecule has 0 saturated carbocycles. The Balaban J connectivity index is 2.16. The standard InChI is InChI=1S/C27H27N5O5/c1-3-21-20(12-23(34)19(13-28)15-33)26-22(32(21)14-18-8-5-4-7-17(2)11-18)9-6-10-25(26)37-16-24(35)27(36)30-31-29/h4,6-11H,3,5,12-14,16,28H2,1-2H3. The SMILES string of the molecule is CCc1c(CC(=O)C(=C=O)CN)c2c(OCC(=O)C(=O)N=[N+]=[N-])cccc2n1CC1=CCC=CC(C)=C1. The number of allylic oxidation sites excluding steroid dienone is 6. The van der Waals surface area contributed by atoms with Crippen LogP contribution in [0.2, 0.25) is 0 Å². The largest absolute Gasteiger partial charge is 0.485 e. The lowest BCUT2D eigenvalue weighted by atomic mass is 9.99. The molecule has 10 heteroatoms. The summed E-state index contributed by atoms with van der Waals surface area (Å²) in [6.45, 7) is 3.64. The van der Waals surface area contributed by atoms with Gasteiger partial charge in [0.05, 0.1) is 11.1 Å². The predicted octanol–water partition coefficient (Wildman–Crippen LogP) is 3.65. The van der Waals surface area contributed by atoms with Crippen molar-refractivity contribution in [1.82, 2.24) is 4.57 Å². The number of benzene rings is 1. The summed E-state index contributed by atoms with van der Waals surface area (Å²) in [6.07, 6.45) is 9.61. The van der Waals surface area contributed by atoms with Crippen LogP contribution in [-0.2, 0) is 38.6 Å². The van der Waals surface area contributed by atoms with Gasteiger partial charge in [-0.2, -0.15) is 0 Å². The average molecular weight is 502 g/mol. The molecule has 1 heterocycles. The van der Waals surface area contributed by atoms with Crippen LogP contribution < -0.4 is 10.5 Å². The van der Waals surface area contributed by atoms with Crippen molar-refractivity contribution in [3.8, 4) is 5.75 Å². The molecule has 0 spiro atoms. The quantitative estimate of drug-likeness (QED) is 0.124. The number of nitrogens with two attached hydrogens (primary N) is 1. The zero-order valence-electron chi connectivity index (χ0n) is 20.7. The van der Waals surface area contributed by atoms with Crippen molar-refractivity contribution >= 4 is 34.3 Å². The van der Waals surface area contributed by atoms with E-state index in [0.29, 0.717) is 23.9 Å². The molecule has 10 nitrogen and oxygen atoms in total. The molecular weight excluding hydrogens is 474 g/mol. The monoisotopic (exact) mass is 501 g/mol. The van der Waals surface area contributed by atoms with Gasteiger partial charge in [-0.1, -0.05) is 42.9 Å². The Morgan fingerprint density at radius 3 is 2.73 bits per heavy atom. The predicted molar refractivity (Wildman–Crippen MR) is 139 cm³/mol. The maximum absolute atomic E-state index is 12.9. The number of azide groups is 1. The number of ketones is 2. The number of amides is 1. The lowest BCUT2D eigenvalue weighted by molar-refractivity contribution is -0.137. The normalized spacial score (nSPS) is 12.6. The molecule has 1 aliphatic rings. The minimum Gasteiger partial charge on any atom is -0.485 e. The highest BCUT2D eigenvalue weighted by Gasteiger charge is 2.24. The van der Waals surface area contributed by atoms with Gasteiger partial charge < -0.3 is 15.0 Å². The zero-order chi connectivity index (χ0) is 26.9. The second-order valence-electron chi connectivity index (χ2n) is 8.41. The molecule has 0 aliphatic heterocycles. The van der Waals surface area contributed by atoms with Crippen molar-refractivity contribution in [3.05, 3.63) is 80.9 Å². The highest BCUT2D eigenvalue weighted by molar-refractivity contribution is 6.37. The summed E-state index contributed by atoms with van der Waals surface area (Å²) in [4.78, 5) is 50.1. The van der Waals surface area contributed by atoms with Gasteiger partial charge in [0.1, 0.15) is 11.7 Å². The Kier molecular flexibility index (Phi) is 9.13. The van der Waals surface area contributed by atoms with Crippen LogP contribution in [-0.4, -0.2) is 41.1 Å². The molecule has 0 unspecified atom stereocenters. The summed E-state index contributed by atoms with van der Waals surface area (Å²) in [6, 6.07) is 5.26. The Bertz CT molecular complexity index is 1450. The maximum Gasteiger partial charge on any atom is 0.288 e. The van der Waals surface area contributed by atoms with E-state index in [1.54, 1.807) is 18.1 Å². The number of carbonyl (C=O) groups is 3. The van der Waals surface area contributed by atoms with Gasteiger partial charge in [0, 0.05) is 35.5 Å². The van der Waals surface area contributed by atoms with Crippen LogP contribution in [0.15, 0.2) is 64.3 Å². The van der Waals surface area contributed by atoms with Gasteiger partial charge >= 0.3 is 0 Å². The Hall–Kier alpha value is -4.49. The van der Waals surface area contributed by atoms with E-state index in [4.69, 9.17) is 16.0 Å². The summed E-state index contributed by atoms with van der Waals surface area (Å²) in [5.41, 5.74) is 18.3. The van der Waals surface area contributed by atoms with E-state index >= 15 is 0 Å². The van der Waals surface area contributed by atoms with Crippen LogP contribution >= 0.6 is 0 Å². The molecule has 1 amide bonds. The van der Waals surface area contributed by atoms with Gasteiger partial charge in [-0.15, -0.1) is 0 Å². The third-order valence-electron chi connectivity index (χ3n) is 5.99. The summed E-state index contributed by atoms with van der Waals surface area (Å²) in [5.74, 6) is -0.803. The number of hydrogen-bond donors (Lipinski definition) is 1. The number of hydrogen-bond acceptors (Lipinski definition) is 6. The number of carbonyl (C=O) groups excluding carboxylic acids is 4. The van der Waals surface area contributed by atoms with Crippen LogP contribution in [0.25, 0.3) is 21.3 Å². The first kappa shape index (κ1) is 27.1. The highest BCUT2D eigenvalue weighted by atomic mass is 16.5. The molecule has 1 aliphatic carbocycles. The molecule has 1 aromatic carbocycles. The minimum atomic E-state index is -1.25. The van der Waals surface area contributed by atoms with E-state index in [2.05, 4.69) is 38.9 Å². The summed E-state index contributed by atoms with van der Waals surface area (Å²) in [7, 11) is 0. The molecule has 0 radical (unpaired) electrons. The maximum atomic E-state index is 12.9. The lowest BCUT2D eigenvalue weighted by Gasteiger charge is -2.12. The van der Waals surface area contributed by atoms with E-state index in [0.717, 1.165) is 28.8 Å². The van der Waals surface area contributed by atoms with Crippen LogP contribution in [0, 0.1) is 0 Å². The molecule has 2 aromatic rings. The third-order valence-corrected chi connectivity index (χ3v) is 5.99. The number of fused-ring (bicyclic) bond motifs is 1. The van der Waals surface area contributed by atoms with Gasteiger partial charge in [0.2, 0.25) is 5.78 Å². The second-order valence-corrected chi connectivity index (χ2v) is 8.41. The molecule has 0 fully saturated rings. The Morgan fingerprint density at radius 1 is 1.27 bits per heavy atom. The van der Waals surface area contributed by atoms with Crippen LogP contribution in [0.3, 0.4) is 0 Å². The van der Waals surface area contributed by atoms with E-state index in [1.807, 2.05) is 19.9 Å². The number of Topliss-reactive ketones (excluding diaryl/α,β-unsaturated/α-hetero) is 2. The number of nitrogens with zero attached hydrogens (tertiary/aromatic N) is 4. The van der Waals surface area contributed by atoms with Gasteiger partial charge in [0.15, 0.2) is 12.4 Å². The molecule has 0 atom stereocenters. The van der Waals surface area contributed by atoms with Crippen molar-refractivity contribution in [1.29, 1.82) is 0 Å². The van der Waals surface area contributed by atoms with E-state index in [1.165, 1.54) is 0 Å². The van der Waals surface area contributed by atoms with Crippen molar-refractivity contribution in [3.63, 3.8) is 0 Å². The van der Waals surface area contributed by atoms with Crippen molar-refractivity contribution < 1.29 is 23.9 Å². The first-order valence-corrected chi connectivity index (χ1v) is 11.7. The Morgan fingerprint density at radius 2 is 2.05 bits per heavy atom. The summed E-state index contributed by atoms with van der Waals surface area (Å²) < 4.78 is 7.79.